The van der Waals surface area contributed by atoms with E-state index in [0.29, 0.717) is 11.4 Å². The topological polar surface area (TPSA) is 23.5 Å². The Bertz CT molecular complexity index is 3400. The molecule has 254 valence electrons. The summed E-state index contributed by atoms with van der Waals surface area (Å²) in [5.74, 6) is 0. The second kappa shape index (κ2) is 11.8. The Morgan fingerprint density at radius 1 is 0.327 bits per heavy atom. The van der Waals surface area contributed by atoms with Crippen molar-refractivity contribution in [2.45, 2.75) is 0 Å². The molecule has 5 nitrogen and oxygen atoms in total. The van der Waals surface area contributed by atoms with Crippen LogP contribution in [0.15, 0.2) is 176 Å². The van der Waals surface area contributed by atoms with Gasteiger partial charge in [-0.15, -0.1) is 0 Å². The lowest BCUT2D eigenvalue weighted by Crippen LogP contribution is -1.98. The summed E-state index contributed by atoms with van der Waals surface area (Å²) in [4.78, 5) is 7.55. The monoisotopic (exact) mass is 699 g/mol. The van der Waals surface area contributed by atoms with E-state index in [1.165, 1.54) is 21.5 Å². The molecule has 0 amide bonds. The molecule has 0 aliphatic rings. The van der Waals surface area contributed by atoms with E-state index in [-0.39, 0.29) is 0 Å². The van der Waals surface area contributed by atoms with Crippen molar-refractivity contribution in [3.05, 3.63) is 199 Å². The maximum Gasteiger partial charge on any atom is 0.188 e. The summed E-state index contributed by atoms with van der Waals surface area (Å²) in [6.45, 7) is 15.5. The Labute approximate surface area is 316 Å². The lowest BCUT2D eigenvalue weighted by molar-refractivity contribution is 1.15. The highest BCUT2D eigenvalue weighted by Crippen LogP contribution is 2.40. The number of aromatic nitrogens is 3. The number of para-hydroxylation sites is 4. The quantitative estimate of drug-likeness (QED) is 0.163. The molecule has 0 radical (unpaired) electrons. The Kier molecular flexibility index (Phi) is 6.61. The van der Waals surface area contributed by atoms with Crippen LogP contribution < -0.4 is 0 Å². The van der Waals surface area contributed by atoms with E-state index < -0.39 is 0 Å². The number of nitrogens with zero attached hydrogens (tertiary/aromatic N) is 5. The summed E-state index contributed by atoms with van der Waals surface area (Å²) >= 11 is 0. The smallest absolute Gasteiger partial charge is 0.188 e. The number of fused-ring (bicyclic) bond motifs is 9. The minimum Gasteiger partial charge on any atom is -0.309 e. The molecule has 0 aliphatic heterocycles. The van der Waals surface area contributed by atoms with Crippen LogP contribution >= 0.6 is 0 Å². The van der Waals surface area contributed by atoms with Crippen molar-refractivity contribution >= 4 is 76.8 Å². The maximum absolute atomic E-state index is 7.87. The molecule has 8 aromatic carbocycles. The zero-order valence-electron chi connectivity index (χ0n) is 29.5. The van der Waals surface area contributed by atoms with Gasteiger partial charge in [0.15, 0.2) is 11.4 Å². The second-order valence-electron chi connectivity index (χ2n) is 13.9. The van der Waals surface area contributed by atoms with Gasteiger partial charge in [0, 0.05) is 38.3 Å². The van der Waals surface area contributed by atoms with E-state index in [1.54, 1.807) is 0 Å². The van der Waals surface area contributed by atoms with E-state index in [1.807, 2.05) is 24.3 Å². The summed E-state index contributed by atoms with van der Waals surface area (Å²) < 4.78 is 6.99. The molecule has 0 bridgehead atoms. The summed E-state index contributed by atoms with van der Waals surface area (Å²) in [5.41, 5.74) is 13.1. The summed E-state index contributed by atoms with van der Waals surface area (Å²) in [7, 11) is 0. The van der Waals surface area contributed by atoms with Crippen molar-refractivity contribution in [2.75, 3.05) is 0 Å². The van der Waals surface area contributed by atoms with Gasteiger partial charge < -0.3 is 13.7 Å². The molecular formula is C50H29N5. The van der Waals surface area contributed by atoms with Gasteiger partial charge in [-0.3, -0.25) is 0 Å². The van der Waals surface area contributed by atoms with Crippen molar-refractivity contribution in [3.63, 3.8) is 0 Å². The largest absolute Gasteiger partial charge is 0.309 e. The van der Waals surface area contributed by atoms with Crippen LogP contribution in [-0.4, -0.2) is 13.7 Å². The molecule has 11 rings (SSSR count). The predicted octanol–water partition coefficient (Wildman–Crippen LogP) is 13.7. The van der Waals surface area contributed by atoms with Crippen LogP contribution in [0.2, 0.25) is 0 Å². The highest BCUT2D eigenvalue weighted by atomic mass is 15.0. The van der Waals surface area contributed by atoms with Crippen LogP contribution in [0, 0.1) is 13.1 Å². The highest BCUT2D eigenvalue weighted by Gasteiger charge is 2.19. The molecule has 11 aromatic rings. The van der Waals surface area contributed by atoms with Crippen LogP contribution in [0.3, 0.4) is 0 Å². The molecule has 0 N–H and O–H groups in total. The fourth-order valence-corrected chi connectivity index (χ4v) is 8.68. The molecule has 0 saturated heterocycles. The van der Waals surface area contributed by atoms with Gasteiger partial charge in [-0.25, -0.2) is 9.69 Å². The molecule has 3 heterocycles. The van der Waals surface area contributed by atoms with Gasteiger partial charge in [0.2, 0.25) is 0 Å². The van der Waals surface area contributed by atoms with Crippen LogP contribution in [0.25, 0.3) is 103 Å². The number of hydrogen-bond acceptors (Lipinski definition) is 0. The molecule has 0 unspecified atom stereocenters. The minimum atomic E-state index is 0.605. The Hall–Kier alpha value is -7.86. The average molecular weight is 700 g/mol. The van der Waals surface area contributed by atoms with Crippen molar-refractivity contribution in [1.82, 2.24) is 13.7 Å². The van der Waals surface area contributed by atoms with Gasteiger partial charge in [-0.05, 0) is 89.3 Å². The molecule has 0 saturated carbocycles. The van der Waals surface area contributed by atoms with Gasteiger partial charge in [0.25, 0.3) is 0 Å². The van der Waals surface area contributed by atoms with Crippen LogP contribution in [-0.2, 0) is 0 Å². The standard InChI is InChI=1S/C50H29N5/c1-51-33-21-27-48(55-46-17-9-4-11-37(46)38-12-5-10-18-47(38)55)42(29-33)32-19-23-35(24-20-32)53-44-15-7-3-13-39(44)41-26-25-36(31-50(41)53)54-45-16-8-6-14-40(45)43-30-34(52-2)22-28-49(43)54/h3-31H. The Morgan fingerprint density at radius 3 is 1.38 bits per heavy atom. The van der Waals surface area contributed by atoms with Gasteiger partial charge in [0.05, 0.1) is 51.9 Å². The van der Waals surface area contributed by atoms with Gasteiger partial charge in [0.1, 0.15) is 0 Å². The second-order valence-corrected chi connectivity index (χ2v) is 13.9. The number of hydrogen-bond donors (Lipinski definition) is 0. The van der Waals surface area contributed by atoms with Crippen molar-refractivity contribution in [3.8, 4) is 28.2 Å². The van der Waals surface area contributed by atoms with Gasteiger partial charge in [-0.1, -0.05) is 103 Å². The third kappa shape index (κ3) is 4.51. The first-order chi connectivity index (χ1) is 27.2. The fourth-order valence-electron chi connectivity index (χ4n) is 8.68. The van der Waals surface area contributed by atoms with E-state index >= 15 is 0 Å². The van der Waals surface area contributed by atoms with Gasteiger partial charge in [-0.2, -0.15) is 0 Å². The fraction of sp³-hybridized carbons (Fsp3) is 0. The van der Waals surface area contributed by atoms with E-state index in [4.69, 9.17) is 13.1 Å². The molecule has 3 aromatic heterocycles. The zero-order valence-corrected chi connectivity index (χ0v) is 29.5. The predicted molar refractivity (Wildman–Crippen MR) is 227 cm³/mol. The molecule has 0 spiro atoms. The van der Waals surface area contributed by atoms with Crippen LogP contribution in [0.1, 0.15) is 0 Å². The molecule has 55 heavy (non-hydrogen) atoms. The normalized spacial score (nSPS) is 11.6. The third-order valence-electron chi connectivity index (χ3n) is 11.1. The lowest BCUT2D eigenvalue weighted by Gasteiger charge is -2.16. The molecule has 0 aliphatic carbocycles. The number of benzene rings is 8. The molecule has 0 fully saturated rings. The van der Waals surface area contributed by atoms with E-state index in [0.717, 1.165) is 72.1 Å². The average Bonchev–Trinajstić information content (AvgIpc) is 3.88. The lowest BCUT2D eigenvalue weighted by atomic mass is 10.0. The van der Waals surface area contributed by atoms with Crippen LogP contribution in [0.5, 0.6) is 0 Å². The minimum absolute atomic E-state index is 0.605. The zero-order chi connectivity index (χ0) is 36.6. The van der Waals surface area contributed by atoms with Crippen molar-refractivity contribution in [2.24, 2.45) is 0 Å². The van der Waals surface area contributed by atoms with Crippen molar-refractivity contribution in [1.29, 1.82) is 0 Å². The molecular weight excluding hydrogens is 671 g/mol. The molecule has 0 atom stereocenters. The first-order valence-corrected chi connectivity index (χ1v) is 18.3. The van der Waals surface area contributed by atoms with E-state index in [9.17, 15) is 0 Å². The Morgan fingerprint density at radius 2 is 0.782 bits per heavy atom. The first kappa shape index (κ1) is 30.7. The molecule has 5 heteroatoms. The van der Waals surface area contributed by atoms with Gasteiger partial charge >= 0.3 is 0 Å². The van der Waals surface area contributed by atoms with Crippen LogP contribution in [0.4, 0.5) is 11.4 Å². The Balaban J connectivity index is 1.10. The highest BCUT2D eigenvalue weighted by molar-refractivity contribution is 6.13. The summed E-state index contributed by atoms with van der Waals surface area (Å²) in [6, 6.07) is 61.6. The third-order valence-corrected chi connectivity index (χ3v) is 11.1. The maximum atomic E-state index is 7.87. The summed E-state index contributed by atoms with van der Waals surface area (Å²) in [5, 5.41) is 6.97. The van der Waals surface area contributed by atoms with E-state index in [2.05, 4.69) is 175 Å². The first-order valence-electron chi connectivity index (χ1n) is 18.3. The SMILES string of the molecule is [C-]#[N+]c1ccc(-n2c3ccccc3c3ccccc32)c(-c2ccc(-n3c4ccccc4c4ccc(-n5c6ccccc6c6cc([N+]#[C-])ccc65)cc43)cc2)c1. The van der Waals surface area contributed by atoms with Crippen molar-refractivity contribution < 1.29 is 0 Å². The number of rotatable bonds is 4. The summed E-state index contributed by atoms with van der Waals surface area (Å²) in [6.07, 6.45) is 0.